The summed E-state index contributed by atoms with van der Waals surface area (Å²) in [4.78, 5) is 12.5. The number of benzene rings is 2. The molecule has 4 nitrogen and oxygen atoms in total. The van der Waals surface area contributed by atoms with Crippen molar-refractivity contribution in [2.45, 2.75) is 32.4 Å². The molecule has 1 aromatic heterocycles. The zero-order valence-electron chi connectivity index (χ0n) is 15.8. The minimum Gasteiger partial charge on any atom is -0.467 e. The lowest BCUT2D eigenvalue weighted by atomic mass is 10.0. The van der Waals surface area contributed by atoms with Gasteiger partial charge in [0.2, 0.25) is 5.91 Å². The molecule has 140 valence electrons. The molecule has 2 atom stereocenters. The van der Waals surface area contributed by atoms with Gasteiger partial charge in [-0.1, -0.05) is 61.5 Å². The highest BCUT2D eigenvalue weighted by Crippen LogP contribution is 2.22. The first-order valence-electron chi connectivity index (χ1n) is 9.37. The fraction of sp³-hybridized carbons (Fsp3) is 0.261. The number of carbonyl (C=O) groups is 1. The second kappa shape index (κ2) is 9.19. The van der Waals surface area contributed by atoms with E-state index in [-0.39, 0.29) is 24.5 Å². The van der Waals surface area contributed by atoms with Crippen molar-refractivity contribution >= 4 is 5.91 Å². The Hall–Kier alpha value is -2.85. The maximum atomic E-state index is 12.5. The van der Waals surface area contributed by atoms with Crippen molar-refractivity contribution in [2.75, 3.05) is 6.54 Å². The summed E-state index contributed by atoms with van der Waals surface area (Å²) < 4.78 is 5.56. The SMILES string of the molecule is CCc1ccc([C@H](C)NC(=O)CN[C@H](c2ccccc2)c2ccco2)cc1. The molecule has 0 aliphatic carbocycles. The molecule has 3 rings (SSSR count). The number of aryl methyl sites for hydroxylation is 1. The van der Waals surface area contributed by atoms with Crippen molar-refractivity contribution in [1.29, 1.82) is 0 Å². The van der Waals surface area contributed by atoms with Crippen LogP contribution in [0.1, 0.15) is 48.4 Å². The van der Waals surface area contributed by atoms with Crippen LogP contribution in [0.25, 0.3) is 0 Å². The normalized spacial score (nSPS) is 13.1. The van der Waals surface area contributed by atoms with Crippen LogP contribution in [0.4, 0.5) is 0 Å². The van der Waals surface area contributed by atoms with Gasteiger partial charge in [-0.3, -0.25) is 10.1 Å². The Kier molecular flexibility index (Phi) is 6.44. The highest BCUT2D eigenvalue weighted by Gasteiger charge is 2.18. The molecule has 1 heterocycles. The zero-order valence-corrected chi connectivity index (χ0v) is 15.8. The number of nitrogens with one attached hydrogen (secondary N) is 2. The average Bonchev–Trinajstić information content (AvgIpc) is 3.23. The van der Waals surface area contributed by atoms with Gasteiger partial charge >= 0.3 is 0 Å². The molecule has 2 N–H and O–H groups in total. The van der Waals surface area contributed by atoms with Crippen LogP contribution in [-0.2, 0) is 11.2 Å². The summed E-state index contributed by atoms with van der Waals surface area (Å²) in [6.45, 7) is 4.34. The van der Waals surface area contributed by atoms with Gasteiger partial charge < -0.3 is 9.73 Å². The molecule has 0 fully saturated rings. The molecule has 0 spiro atoms. The van der Waals surface area contributed by atoms with E-state index >= 15 is 0 Å². The van der Waals surface area contributed by atoms with Gasteiger partial charge in [-0.05, 0) is 42.2 Å². The van der Waals surface area contributed by atoms with Crippen molar-refractivity contribution in [3.05, 3.63) is 95.4 Å². The van der Waals surface area contributed by atoms with Crippen LogP contribution in [0.5, 0.6) is 0 Å². The van der Waals surface area contributed by atoms with Crippen LogP contribution in [0.2, 0.25) is 0 Å². The molecule has 0 aliphatic rings. The molecular formula is C23H26N2O2. The Morgan fingerprint density at radius 3 is 2.33 bits per heavy atom. The van der Waals surface area contributed by atoms with Crippen molar-refractivity contribution in [1.82, 2.24) is 10.6 Å². The Balaban J connectivity index is 1.60. The molecule has 0 saturated carbocycles. The van der Waals surface area contributed by atoms with Crippen molar-refractivity contribution in [3.63, 3.8) is 0 Å². The number of carbonyl (C=O) groups excluding carboxylic acids is 1. The average molecular weight is 362 g/mol. The maximum Gasteiger partial charge on any atom is 0.234 e. The molecule has 0 aliphatic heterocycles. The largest absolute Gasteiger partial charge is 0.467 e. The van der Waals surface area contributed by atoms with E-state index in [1.165, 1.54) is 5.56 Å². The van der Waals surface area contributed by atoms with Crippen molar-refractivity contribution in [2.24, 2.45) is 0 Å². The first kappa shape index (κ1) is 18.9. The number of hydrogen-bond donors (Lipinski definition) is 2. The summed E-state index contributed by atoms with van der Waals surface area (Å²) in [6.07, 6.45) is 2.66. The predicted molar refractivity (Wildman–Crippen MR) is 107 cm³/mol. The van der Waals surface area contributed by atoms with Crippen LogP contribution in [0, 0.1) is 0 Å². The van der Waals surface area contributed by atoms with E-state index in [1.807, 2.05) is 49.4 Å². The van der Waals surface area contributed by atoms with Gasteiger partial charge in [0.05, 0.1) is 24.9 Å². The van der Waals surface area contributed by atoms with Crippen LogP contribution in [-0.4, -0.2) is 12.5 Å². The summed E-state index contributed by atoms with van der Waals surface area (Å²) in [5.41, 5.74) is 3.46. The third-order valence-corrected chi connectivity index (χ3v) is 4.69. The Bertz CT molecular complexity index is 827. The quantitative estimate of drug-likeness (QED) is 0.624. The summed E-state index contributed by atoms with van der Waals surface area (Å²) >= 11 is 0. The molecule has 0 bridgehead atoms. The van der Waals surface area contributed by atoms with Crippen molar-refractivity contribution < 1.29 is 9.21 Å². The van der Waals surface area contributed by atoms with Gasteiger partial charge in [-0.15, -0.1) is 0 Å². The van der Waals surface area contributed by atoms with Gasteiger partial charge in [-0.2, -0.15) is 0 Å². The number of rotatable bonds is 8. The number of furan rings is 1. The number of hydrogen-bond acceptors (Lipinski definition) is 3. The van der Waals surface area contributed by atoms with Gasteiger partial charge in [-0.25, -0.2) is 0 Å². The summed E-state index contributed by atoms with van der Waals surface area (Å²) in [5, 5.41) is 6.36. The van der Waals surface area contributed by atoms with E-state index in [9.17, 15) is 4.79 Å². The number of amides is 1. The molecule has 27 heavy (non-hydrogen) atoms. The van der Waals surface area contributed by atoms with E-state index in [4.69, 9.17) is 4.42 Å². The highest BCUT2D eigenvalue weighted by atomic mass is 16.3. The van der Waals surface area contributed by atoms with E-state index in [1.54, 1.807) is 6.26 Å². The summed E-state index contributed by atoms with van der Waals surface area (Å²) in [7, 11) is 0. The second-order valence-electron chi connectivity index (χ2n) is 6.62. The Labute approximate surface area is 160 Å². The van der Waals surface area contributed by atoms with Crippen LogP contribution >= 0.6 is 0 Å². The van der Waals surface area contributed by atoms with Gasteiger partial charge in [0.15, 0.2) is 0 Å². The fourth-order valence-corrected chi connectivity index (χ4v) is 3.10. The van der Waals surface area contributed by atoms with Gasteiger partial charge in [0, 0.05) is 0 Å². The molecular weight excluding hydrogens is 336 g/mol. The van der Waals surface area contributed by atoms with E-state index in [0.717, 1.165) is 23.3 Å². The molecule has 4 heteroatoms. The summed E-state index contributed by atoms with van der Waals surface area (Å²) in [6, 6.07) is 21.9. The predicted octanol–water partition coefficient (Wildman–Crippen LogP) is 4.40. The van der Waals surface area contributed by atoms with Crippen molar-refractivity contribution in [3.8, 4) is 0 Å². The molecule has 0 radical (unpaired) electrons. The zero-order chi connectivity index (χ0) is 19.1. The lowest BCUT2D eigenvalue weighted by Gasteiger charge is -2.19. The van der Waals surface area contributed by atoms with Gasteiger partial charge in [0.25, 0.3) is 0 Å². The van der Waals surface area contributed by atoms with Gasteiger partial charge in [0.1, 0.15) is 5.76 Å². The molecule has 1 amide bonds. The minimum atomic E-state index is -0.161. The van der Waals surface area contributed by atoms with E-state index < -0.39 is 0 Å². The second-order valence-corrected chi connectivity index (χ2v) is 6.62. The van der Waals surface area contributed by atoms with Crippen LogP contribution in [0.3, 0.4) is 0 Å². The molecule has 0 saturated heterocycles. The molecule has 0 unspecified atom stereocenters. The fourth-order valence-electron chi connectivity index (χ4n) is 3.10. The smallest absolute Gasteiger partial charge is 0.234 e. The minimum absolute atomic E-state index is 0.0380. The highest BCUT2D eigenvalue weighted by molar-refractivity contribution is 5.78. The Morgan fingerprint density at radius 1 is 0.963 bits per heavy atom. The third-order valence-electron chi connectivity index (χ3n) is 4.69. The lowest BCUT2D eigenvalue weighted by molar-refractivity contribution is -0.121. The summed E-state index contributed by atoms with van der Waals surface area (Å²) in [5.74, 6) is 0.742. The maximum absolute atomic E-state index is 12.5. The topological polar surface area (TPSA) is 54.3 Å². The van der Waals surface area contributed by atoms with Crippen LogP contribution in [0.15, 0.2) is 77.4 Å². The molecule has 3 aromatic rings. The van der Waals surface area contributed by atoms with Crippen LogP contribution < -0.4 is 10.6 Å². The lowest BCUT2D eigenvalue weighted by Crippen LogP contribution is -2.37. The first-order valence-corrected chi connectivity index (χ1v) is 9.37. The monoisotopic (exact) mass is 362 g/mol. The van der Waals surface area contributed by atoms with E-state index in [2.05, 4.69) is 41.8 Å². The standard InChI is InChI=1S/C23H26N2O2/c1-3-18-11-13-19(14-12-18)17(2)25-22(26)16-24-23(21-10-7-15-27-21)20-8-5-4-6-9-20/h4-15,17,23-24H,3,16H2,1-2H3,(H,25,26)/t17-,23+/m0/s1. The Morgan fingerprint density at radius 2 is 1.70 bits per heavy atom. The van der Waals surface area contributed by atoms with E-state index in [0.29, 0.717) is 0 Å². The first-order chi connectivity index (χ1) is 13.2. The third kappa shape index (κ3) is 5.08. The molecule has 2 aromatic carbocycles.